The lowest BCUT2D eigenvalue weighted by Gasteiger charge is -2.31. The minimum atomic E-state index is -0.972. The van der Waals surface area contributed by atoms with Crippen LogP contribution in [-0.2, 0) is 25.6 Å². The topological polar surface area (TPSA) is 123 Å². The molecule has 2 saturated heterocycles. The molecule has 4 rings (SSSR count). The van der Waals surface area contributed by atoms with E-state index in [2.05, 4.69) is 11.2 Å². The fourth-order valence-corrected chi connectivity index (χ4v) is 4.88. The quantitative estimate of drug-likeness (QED) is 0.513. The SMILES string of the molecule is C#CCO[C@H](C)[C@H](N)C(=O)N1CC[C@@H]2[C@H]1[C@@H](OC(=O)Nc1ccccc1)CN2C(=O)OCc1ccccc1. The molecule has 2 aromatic carbocycles. The van der Waals surface area contributed by atoms with Gasteiger partial charge in [0.05, 0.1) is 24.7 Å². The van der Waals surface area contributed by atoms with E-state index >= 15 is 0 Å². The molecule has 0 aromatic heterocycles. The molecule has 38 heavy (non-hydrogen) atoms. The van der Waals surface area contributed by atoms with Crippen LogP contribution < -0.4 is 11.1 Å². The Morgan fingerprint density at radius 3 is 2.47 bits per heavy atom. The summed E-state index contributed by atoms with van der Waals surface area (Å²) < 4.78 is 16.8. The van der Waals surface area contributed by atoms with Crippen molar-refractivity contribution >= 4 is 23.8 Å². The van der Waals surface area contributed by atoms with E-state index < -0.39 is 42.5 Å². The molecule has 200 valence electrons. The molecule has 3 N–H and O–H groups in total. The van der Waals surface area contributed by atoms with Crippen LogP contribution in [0.15, 0.2) is 60.7 Å². The molecule has 2 aliphatic rings. The van der Waals surface area contributed by atoms with Crippen molar-refractivity contribution in [1.82, 2.24) is 9.80 Å². The van der Waals surface area contributed by atoms with E-state index in [1.54, 1.807) is 36.1 Å². The number of rotatable bonds is 8. The number of amides is 3. The van der Waals surface area contributed by atoms with Gasteiger partial charge in [0.1, 0.15) is 25.4 Å². The molecule has 2 aromatic rings. The van der Waals surface area contributed by atoms with Crippen LogP contribution in [0.1, 0.15) is 18.9 Å². The van der Waals surface area contributed by atoms with E-state index in [0.29, 0.717) is 18.7 Å². The van der Waals surface area contributed by atoms with Gasteiger partial charge in [-0.3, -0.25) is 15.0 Å². The highest BCUT2D eigenvalue weighted by atomic mass is 16.6. The Morgan fingerprint density at radius 2 is 1.79 bits per heavy atom. The summed E-state index contributed by atoms with van der Waals surface area (Å²) in [6, 6.07) is 16.2. The second-order valence-electron chi connectivity index (χ2n) is 9.25. The molecule has 0 radical (unpaired) electrons. The minimum absolute atomic E-state index is 0.0284. The first kappa shape index (κ1) is 27.0. The molecule has 2 heterocycles. The number of hydrogen-bond acceptors (Lipinski definition) is 7. The van der Waals surface area contributed by atoms with Gasteiger partial charge in [0.15, 0.2) is 0 Å². The van der Waals surface area contributed by atoms with Crippen LogP contribution >= 0.6 is 0 Å². The minimum Gasteiger partial charge on any atom is -0.445 e. The van der Waals surface area contributed by atoms with Crippen molar-refractivity contribution in [2.75, 3.05) is 25.0 Å². The highest BCUT2D eigenvalue weighted by molar-refractivity contribution is 5.85. The number of terminal acetylenes is 1. The summed E-state index contributed by atoms with van der Waals surface area (Å²) in [5, 5.41) is 2.68. The molecular weight excluding hydrogens is 488 g/mol. The van der Waals surface area contributed by atoms with E-state index in [-0.39, 0.29) is 25.7 Å². The van der Waals surface area contributed by atoms with Crippen molar-refractivity contribution in [1.29, 1.82) is 0 Å². The number of carbonyl (C=O) groups is 3. The maximum absolute atomic E-state index is 13.4. The summed E-state index contributed by atoms with van der Waals surface area (Å²) >= 11 is 0. The number of likely N-dealkylation sites (tertiary alicyclic amines) is 2. The van der Waals surface area contributed by atoms with Crippen molar-refractivity contribution in [3.63, 3.8) is 0 Å². The van der Waals surface area contributed by atoms with Gasteiger partial charge in [-0.1, -0.05) is 54.5 Å². The molecule has 0 saturated carbocycles. The van der Waals surface area contributed by atoms with E-state index in [1.807, 2.05) is 36.4 Å². The van der Waals surface area contributed by atoms with Crippen LogP contribution in [0, 0.1) is 12.3 Å². The molecule has 10 heteroatoms. The van der Waals surface area contributed by atoms with Gasteiger partial charge in [0, 0.05) is 12.2 Å². The van der Waals surface area contributed by atoms with E-state index in [0.717, 1.165) is 5.56 Å². The van der Waals surface area contributed by atoms with Crippen molar-refractivity contribution in [2.45, 2.75) is 50.3 Å². The summed E-state index contributed by atoms with van der Waals surface area (Å²) in [5.41, 5.74) is 7.62. The first-order valence-corrected chi connectivity index (χ1v) is 12.5. The number of nitrogens with two attached hydrogens (primary N) is 1. The number of benzene rings is 2. The number of nitrogens with one attached hydrogen (secondary N) is 1. The summed E-state index contributed by atoms with van der Waals surface area (Å²) in [4.78, 5) is 42.3. The number of carbonyl (C=O) groups excluding carboxylic acids is 3. The van der Waals surface area contributed by atoms with Gasteiger partial charge in [-0.05, 0) is 31.0 Å². The number of nitrogens with zero attached hydrogens (tertiary/aromatic N) is 2. The average Bonchev–Trinajstić information content (AvgIpc) is 3.52. The zero-order valence-electron chi connectivity index (χ0n) is 21.2. The van der Waals surface area contributed by atoms with Crippen LogP contribution in [-0.4, -0.2) is 77.9 Å². The Morgan fingerprint density at radius 1 is 1.11 bits per heavy atom. The third-order valence-electron chi connectivity index (χ3n) is 6.80. The Labute approximate surface area is 222 Å². The second-order valence-corrected chi connectivity index (χ2v) is 9.25. The van der Waals surface area contributed by atoms with Gasteiger partial charge in [-0.15, -0.1) is 6.42 Å². The highest BCUT2D eigenvalue weighted by Crippen LogP contribution is 2.35. The third-order valence-corrected chi connectivity index (χ3v) is 6.80. The smallest absolute Gasteiger partial charge is 0.412 e. The monoisotopic (exact) mass is 520 g/mol. The lowest BCUT2D eigenvalue weighted by Crippen LogP contribution is -2.55. The highest BCUT2D eigenvalue weighted by Gasteiger charge is 2.54. The van der Waals surface area contributed by atoms with Crippen LogP contribution in [0.3, 0.4) is 0 Å². The van der Waals surface area contributed by atoms with Gasteiger partial charge < -0.3 is 24.8 Å². The average molecular weight is 521 g/mol. The number of hydrogen-bond donors (Lipinski definition) is 2. The fourth-order valence-electron chi connectivity index (χ4n) is 4.88. The van der Waals surface area contributed by atoms with Gasteiger partial charge in [0.2, 0.25) is 5.91 Å². The zero-order chi connectivity index (χ0) is 27.1. The van der Waals surface area contributed by atoms with Crippen molar-refractivity contribution in [3.05, 3.63) is 66.2 Å². The molecule has 0 bridgehead atoms. The van der Waals surface area contributed by atoms with Crippen molar-refractivity contribution < 1.29 is 28.6 Å². The van der Waals surface area contributed by atoms with Crippen LogP contribution in [0.2, 0.25) is 0 Å². The molecule has 10 nitrogen and oxygen atoms in total. The van der Waals surface area contributed by atoms with Crippen LogP contribution in [0.4, 0.5) is 15.3 Å². The number of para-hydroxylation sites is 1. The van der Waals surface area contributed by atoms with E-state index in [1.165, 1.54) is 4.90 Å². The molecule has 3 amide bonds. The largest absolute Gasteiger partial charge is 0.445 e. The molecule has 0 aliphatic carbocycles. The number of anilines is 1. The molecular formula is C28H32N4O6. The van der Waals surface area contributed by atoms with Gasteiger partial charge in [-0.25, -0.2) is 9.59 Å². The van der Waals surface area contributed by atoms with Gasteiger partial charge >= 0.3 is 12.2 Å². The van der Waals surface area contributed by atoms with Crippen molar-refractivity contribution in [3.8, 4) is 12.3 Å². The molecule has 0 unspecified atom stereocenters. The van der Waals surface area contributed by atoms with Gasteiger partial charge in [0.25, 0.3) is 0 Å². The number of ether oxygens (including phenoxy) is 3. The maximum atomic E-state index is 13.4. The van der Waals surface area contributed by atoms with Crippen molar-refractivity contribution in [2.24, 2.45) is 5.73 Å². The van der Waals surface area contributed by atoms with E-state index in [4.69, 9.17) is 26.4 Å². The molecule has 0 spiro atoms. The fraction of sp³-hybridized carbons (Fsp3) is 0.393. The molecule has 2 aliphatic heterocycles. The Bertz CT molecular complexity index is 1150. The lowest BCUT2D eigenvalue weighted by molar-refractivity contribution is -0.138. The first-order valence-electron chi connectivity index (χ1n) is 12.5. The predicted molar refractivity (Wildman–Crippen MR) is 140 cm³/mol. The molecule has 2 fully saturated rings. The standard InChI is InChI=1S/C28H32N4O6/c1-3-16-36-19(2)24(29)26(33)31-15-14-22-25(31)23(38-27(34)30-21-12-8-5-9-13-21)17-32(22)28(35)37-18-20-10-6-4-7-11-20/h1,4-13,19,22-25H,14-18,29H2,2H3,(H,30,34)/t19-,22-,23+,24+,25+/m1/s1. The van der Waals surface area contributed by atoms with E-state index in [9.17, 15) is 14.4 Å². The Kier molecular flexibility index (Phi) is 8.84. The van der Waals surface area contributed by atoms with Crippen LogP contribution in [0.25, 0.3) is 0 Å². The summed E-state index contributed by atoms with van der Waals surface area (Å²) in [5.74, 6) is 2.00. The normalized spacial score (nSPS) is 21.7. The van der Waals surface area contributed by atoms with Crippen LogP contribution in [0.5, 0.6) is 0 Å². The summed E-state index contributed by atoms with van der Waals surface area (Å²) in [6.07, 6.45) is 3.12. The first-order chi connectivity index (χ1) is 18.4. The summed E-state index contributed by atoms with van der Waals surface area (Å²) in [6.45, 7) is 2.22. The molecule has 5 atom stereocenters. The zero-order valence-corrected chi connectivity index (χ0v) is 21.2. The Hall–Kier alpha value is -4.07. The summed E-state index contributed by atoms with van der Waals surface area (Å²) in [7, 11) is 0. The lowest BCUT2D eigenvalue weighted by atomic mass is 10.1. The maximum Gasteiger partial charge on any atom is 0.412 e. The third kappa shape index (κ3) is 6.25. The second kappa shape index (κ2) is 12.4. The van der Waals surface area contributed by atoms with Gasteiger partial charge in [-0.2, -0.15) is 0 Å². The Balaban J connectivity index is 1.49. The predicted octanol–water partition coefficient (Wildman–Crippen LogP) is 2.59. The number of fused-ring (bicyclic) bond motifs is 1.